The Labute approximate surface area is 66.7 Å². The Balaban J connectivity index is 2.17. The Morgan fingerprint density at radius 1 is 1.73 bits per heavy atom. The molecule has 1 aliphatic heterocycles. The molecule has 3 nitrogen and oxygen atoms in total. The van der Waals surface area contributed by atoms with E-state index in [4.69, 9.17) is 4.74 Å². The van der Waals surface area contributed by atoms with Crippen LogP contribution in [0.5, 0.6) is 0 Å². The number of rotatable bonds is 3. The van der Waals surface area contributed by atoms with E-state index >= 15 is 0 Å². The summed E-state index contributed by atoms with van der Waals surface area (Å²) in [7, 11) is 0. The van der Waals surface area contributed by atoms with Crippen LogP contribution in [0.4, 0.5) is 0 Å². The summed E-state index contributed by atoms with van der Waals surface area (Å²) in [4.78, 5) is 9.88. The van der Waals surface area contributed by atoms with Crippen LogP contribution in [0.1, 0.15) is 19.8 Å². The first-order valence-corrected chi connectivity index (χ1v) is 3.99. The van der Waals surface area contributed by atoms with E-state index in [1.807, 2.05) is 6.92 Å². The maximum atomic E-state index is 9.88. The van der Waals surface area contributed by atoms with Crippen LogP contribution >= 0.6 is 0 Å². The largest absolute Gasteiger partial charge is 0.468 e. The van der Waals surface area contributed by atoms with Gasteiger partial charge in [0.2, 0.25) is 0 Å². The molecular weight excluding hydrogens is 144 g/mol. The number of hydrogen-bond acceptors (Lipinski definition) is 3. The third-order valence-electron chi connectivity index (χ3n) is 1.99. The molecule has 0 aromatic rings. The Morgan fingerprint density at radius 3 is 3.18 bits per heavy atom. The van der Waals surface area contributed by atoms with Gasteiger partial charge in [-0.1, -0.05) is 0 Å². The lowest BCUT2D eigenvalue weighted by molar-refractivity contribution is -0.131. The lowest BCUT2D eigenvalue weighted by atomic mass is 9.97. The summed E-state index contributed by atoms with van der Waals surface area (Å²) in [6, 6.07) is 0. The molecule has 0 spiro atoms. The predicted octanol–water partition coefficient (Wildman–Crippen LogP) is 0.975. The maximum Gasteiger partial charge on any atom is 0.293 e. The molecule has 0 aromatic heterocycles. The van der Waals surface area contributed by atoms with E-state index in [0.29, 0.717) is 25.1 Å². The first kappa shape index (κ1) is 8.53. The van der Waals surface area contributed by atoms with Gasteiger partial charge in [-0.2, -0.15) is 0 Å². The van der Waals surface area contributed by atoms with E-state index in [0.717, 1.165) is 19.4 Å². The highest BCUT2D eigenvalue weighted by molar-refractivity contribution is 5.36. The average Bonchev–Trinajstić information content (AvgIpc) is 2.01. The molecule has 0 bridgehead atoms. The van der Waals surface area contributed by atoms with Gasteiger partial charge in [-0.05, 0) is 25.7 Å². The van der Waals surface area contributed by atoms with Crippen LogP contribution in [0.15, 0.2) is 0 Å². The second kappa shape index (κ2) is 4.34. The van der Waals surface area contributed by atoms with Crippen LogP contribution in [0.2, 0.25) is 0 Å². The Bertz CT molecular complexity index is 125. The molecule has 0 aliphatic carbocycles. The molecule has 0 N–H and O–H groups in total. The number of ether oxygens (including phenoxy) is 2. The second-order valence-corrected chi connectivity index (χ2v) is 3.00. The highest BCUT2D eigenvalue weighted by atomic mass is 16.5. The molecule has 1 saturated heterocycles. The summed E-state index contributed by atoms with van der Waals surface area (Å²) in [5, 5.41) is 0. The normalized spacial score (nSPS) is 31.4. The molecule has 64 valence electrons. The van der Waals surface area contributed by atoms with Crippen molar-refractivity contribution in [2.45, 2.75) is 25.9 Å². The van der Waals surface area contributed by atoms with Crippen LogP contribution < -0.4 is 0 Å². The third kappa shape index (κ3) is 2.89. The monoisotopic (exact) mass is 158 g/mol. The van der Waals surface area contributed by atoms with Gasteiger partial charge in [-0.25, -0.2) is 0 Å². The predicted molar refractivity (Wildman–Crippen MR) is 40.2 cm³/mol. The molecule has 0 radical (unpaired) electrons. The van der Waals surface area contributed by atoms with Crippen LogP contribution in [0, 0.1) is 5.92 Å². The van der Waals surface area contributed by atoms with Gasteiger partial charge < -0.3 is 9.47 Å². The minimum absolute atomic E-state index is 0.323. The van der Waals surface area contributed by atoms with Crippen molar-refractivity contribution in [3.63, 3.8) is 0 Å². The lowest BCUT2D eigenvalue weighted by Gasteiger charge is -2.26. The number of carbonyl (C=O) groups is 1. The molecule has 1 fully saturated rings. The van der Waals surface area contributed by atoms with Gasteiger partial charge in [0.25, 0.3) is 6.47 Å². The molecule has 1 rings (SSSR count). The Hall–Kier alpha value is -0.570. The van der Waals surface area contributed by atoms with Gasteiger partial charge >= 0.3 is 0 Å². The van der Waals surface area contributed by atoms with Crippen LogP contribution in [0.25, 0.3) is 0 Å². The van der Waals surface area contributed by atoms with Crippen molar-refractivity contribution < 1.29 is 14.3 Å². The van der Waals surface area contributed by atoms with Gasteiger partial charge in [0.15, 0.2) is 0 Å². The van der Waals surface area contributed by atoms with Crippen molar-refractivity contribution in [2.75, 3.05) is 13.2 Å². The van der Waals surface area contributed by atoms with Crippen molar-refractivity contribution in [2.24, 2.45) is 5.92 Å². The zero-order valence-corrected chi connectivity index (χ0v) is 6.79. The molecule has 2 atom stereocenters. The summed E-state index contributed by atoms with van der Waals surface area (Å²) in [5.74, 6) is 0.504. The van der Waals surface area contributed by atoms with E-state index in [2.05, 4.69) is 4.74 Å². The lowest BCUT2D eigenvalue weighted by Crippen LogP contribution is -2.25. The number of hydrogen-bond donors (Lipinski definition) is 0. The molecule has 0 amide bonds. The van der Waals surface area contributed by atoms with Crippen molar-refractivity contribution in [1.29, 1.82) is 0 Å². The van der Waals surface area contributed by atoms with E-state index in [9.17, 15) is 4.79 Å². The first-order valence-electron chi connectivity index (χ1n) is 3.99. The fourth-order valence-electron chi connectivity index (χ4n) is 1.42. The zero-order valence-electron chi connectivity index (χ0n) is 6.79. The highest BCUT2D eigenvalue weighted by Crippen LogP contribution is 2.19. The highest BCUT2D eigenvalue weighted by Gasteiger charge is 2.19. The summed E-state index contributed by atoms with van der Waals surface area (Å²) < 4.78 is 10.0. The van der Waals surface area contributed by atoms with Crippen molar-refractivity contribution in [3.05, 3.63) is 0 Å². The number of carbonyl (C=O) groups excluding carboxylic acids is 1. The first-order chi connectivity index (χ1) is 5.33. The maximum absolute atomic E-state index is 9.88. The summed E-state index contributed by atoms with van der Waals surface area (Å²) in [6.45, 7) is 3.92. The summed E-state index contributed by atoms with van der Waals surface area (Å²) >= 11 is 0. The summed E-state index contributed by atoms with van der Waals surface area (Å²) in [5.41, 5.74) is 0. The molecule has 11 heavy (non-hydrogen) atoms. The average molecular weight is 158 g/mol. The minimum atomic E-state index is 0.323. The topological polar surface area (TPSA) is 35.5 Å². The Kier molecular flexibility index (Phi) is 3.36. The molecular formula is C8H14O3. The van der Waals surface area contributed by atoms with E-state index in [-0.39, 0.29) is 0 Å². The van der Waals surface area contributed by atoms with Crippen molar-refractivity contribution >= 4 is 6.47 Å². The van der Waals surface area contributed by atoms with E-state index in [1.165, 1.54) is 0 Å². The quantitative estimate of drug-likeness (QED) is 0.574. The molecule has 2 unspecified atom stereocenters. The van der Waals surface area contributed by atoms with E-state index in [1.54, 1.807) is 0 Å². The zero-order chi connectivity index (χ0) is 8.10. The minimum Gasteiger partial charge on any atom is -0.468 e. The van der Waals surface area contributed by atoms with Gasteiger partial charge in [0, 0.05) is 6.61 Å². The molecule has 3 heteroatoms. The standard InChI is InChI=1S/C8H14O3/c1-7-4-8(2-3-11-7)5-10-6-9/h6-8H,2-5H2,1H3. The van der Waals surface area contributed by atoms with Crippen LogP contribution in [-0.4, -0.2) is 25.8 Å². The Morgan fingerprint density at radius 2 is 2.55 bits per heavy atom. The van der Waals surface area contributed by atoms with Crippen LogP contribution in [0.3, 0.4) is 0 Å². The fraction of sp³-hybridized carbons (Fsp3) is 0.875. The molecule has 0 aromatic carbocycles. The van der Waals surface area contributed by atoms with E-state index < -0.39 is 0 Å². The second-order valence-electron chi connectivity index (χ2n) is 3.00. The van der Waals surface area contributed by atoms with Crippen molar-refractivity contribution in [3.8, 4) is 0 Å². The smallest absolute Gasteiger partial charge is 0.293 e. The molecule has 1 heterocycles. The fourth-order valence-corrected chi connectivity index (χ4v) is 1.42. The van der Waals surface area contributed by atoms with Gasteiger partial charge in [0.1, 0.15) is 0 Å². The third-order valence-corrected chi connectivity index (χ3v) is 1.99. The van der Waals surface area contributed by atoms with Crippen molar-refractivity contribution in [1.82, 2.24) is 0 Å². The van der Waals surface area contributed by atoms with Gasteiger partial charge in [0.05, 0.1) is 12.7 Å². The summed E-state index contributed by atoms with van der Waals surface area (Å²) in [6.07, 6.45) is 2.34. The molecule has 0 saturated carbocycles. The van der Waals surface area contributed by atoms with Gasteiger partial charge in [-0.15, -0.1) is 0 Å². The van der Waals surface area contributed by atoms with Gasteiger partial charge in [-0.3, -0.25) is 4.79 Å². The van der Waals surface area contributed by atoms with Crippen LogP contribution in [-0.2, 0) is 14.3 Å². The molecule has 1 aliphatic rings. The SMILES string of the molecule is CC1CC(COC=O)CCO1.